The van der Waals surface area contributed by atoms with Gasteiger partial charge in [-0.05, 0) is 36.0 Å². The number of piperidine rings is 1. The molecule has 0 aromatic heterocycles. The standard InChI is InChI=1S/C17H18FN3O3/c1-8(22)19-5-10-6-20(17(23)24-10)9-2-3-13(12(18)4-9)21-7-11-14-15(11)16(14)21/h2-4,10-11,14-16H,5-7H2,1H3,(H,19,22)/t10-,11?,14?,15?,16?/m0/s1. The van der Waals surface area contributed by atoms with Crippen molar-refractivity contribution in [2.24, 2.45) is 17.8 Å². The number of anilines is 2. The molecule has 1 aromatic rings. The molecule has 3 aliphatic heterocycles. The molecular weight excluding hydrogens is 313 g/mol. The zero-order valence-corrected chi connectivity index (χ0v) is 13.2. The van der Waals surface area contributed by atoms with E-state index >= 15 is 0 Å². The fourth-order valence-electron chi connectivity index (χ4n) is 4.39. The Balaban J connectivity index is 1.31. The number of fused-ring (bicyclic) bond motifs is 1. The number of cyclic esters (lactones) is 1. The quantitative estimate of drug-likeness (QED) is 0.905. The van der Waals surface area contributed by atoms with Crippen LogP contribution < -0.4 is 15.1 Å². The van der Waals surface area contributed by atoms with Crippen molar-refractivity contribution in [3.05, 3.63) is 24.0 Å². The second kappa shape index (κ2) is 4.62. The molecule has 2 bridgehead atoms. The van der Waals surface area contributed by atoms with Gasteiger partial charge >= 0.3 is 6.09 Å². The number of rotatable bonds is 4. The van der Waals surface area contributed by atoms with Gasteiger partial charge in [0.05, 0.1) is 24.5 Å². The smallest absolute Gasteiger partial charge is 0.414 e. The molecule has 126 valence electrons. The summed E-state index contributed by atoms with van der Waals surface area (Å²) < 4.78 is 19.8. The van der Waals surface area contributed by atoms with Crippen LogP contribution in [0.25, 0.3) is 0 Å². The van der Waals surface area contributed by atoms with E-state index in [0.717, 1.165) is 24.3 Å². The van der Waals surface area contributed by atoms with Crippen LogP contribution in [0.4, 0.5) is 20.6 Å². The molecule has 2 saturated carbocycles. The topological polar surface area (TPSA) is 61.9 Å². The molecule has 7 heteroatoms. The van der Waals surface area contributed by atoms with Crippen molar-refractivity contribution in [3.63, 3.8) is 0 Å². The van der Waals surface area contributed by atoms with Gasteiger partial charge in [-0.15, -0.1) is 0 Å². The van der Waals surface area contributed by atoms with Crippen LogP contribution in [0.2, 0.25) is 0 Å². The van der Waals surface area contributed by atoms with Gasteiger partial charge in [-0.3, -0.25) is 9.69 Å². The van der Waals surface area contributed by atoms with Crippen molar-refractivity contribution in [1.82, 2.24) is 5.32 Å². The van der Waals surface area contributed by atoms with Gasteiger partial charge in [0.25, 0.3) is 0 Å². The average molecular weight is 331 g/mol. The minimum absolute atomic E-state index is 0.175. The van der Waals surface area contributed by atoms with Crippen molar-refractivity contribution in [1.29, 1.82) is 0 Å². The van der Waals surface area contributed by atoms with Crippen LogP contribution in [0.15, 0.2) is 18.2 Å². The van der Waals surface area contributed by atoms with E-state index in [4.69, 9.17) is 4.74 Å². The number of halogens is 1. The van der Waals surface area contributed by atoms with E-state index in [-0.39, 0.29) is 18.3 Å². The van der Waals surface area contributed by atoms with Gasteiger partial charge < -0.3 is 15.0 Å². The molecule has 3 atom stereocenters. The Morgan fingerprint density at radius 1 is 1.38 bits per heavy atom. The van der Waals surface area contributed by atoms with Crippen LogP contribution in [0.5, 0.6) is 0 Å². The summed E-state index contributed by atoms with van der Waals surface area (Å²) in [7, 11) is 0. The lowest BCUT2D eigenvalue weighted by atomic mass is 10.2. The lowest BCUT2D eigenvalue weighted by molar-refractivity contribution is -0.119. The number of hydrogen-bond acceptors (Lipinski definition) is 4. The molecule has 6 rings (SSSR count). The fraction of sp³-hybridized carbons (Fsp3) is 0.529. The van der Waals surface area contributed by atoms with Gasteiger partial charge in [0, 0.05) is 19.5 Å². The number of ether oxygens (including phenoxy) is 1. The number of nitrogens with one attached hydrogen (secondary N) is 1. The Morgan fingerprint density at radius 2 is 2.17 bits per heavy atom. The van der Waals surface area contributed by atoms with Crippen LogP contribution in [0, 0.1) is 23.6 Å². The molecule has 2 aliphatic carbocycles. The predicted octanol–water partition coefficient (Wildman–Crippen LogP) is 1.35. The largest absolute Gasteiger partial charge is 0.442 e. The zero-order chi connectivity index (χ0) is 16.6. The summed E-state index contributed by atoms with van der Waals surface area (Å²) in [5.41, 5.74) is 1.13. The van der Waals surface area contributed by atoms with Gasteiger partial charge in [-0.2, -0.15) is 0 Å². The van der Waals surface area contributed by atoms with Crippen molar-refractivity contribution in [2.45, 2.75) is 19.1 Å². The number of benzene rings is 1. The first-order valence-corrected chi connectivity index (χ1v) is 8.33. The first-order valence-electron chi connectivity index (χ1n) is 8.33. The SMILES string of the molecule is CC(=O)NC[C@H]1CN(c2ccc(N3CC4C5C4C53)c(F)c2)C(=O)O1. The second-order valence-corrected chi connectivity index (χ2v) is 7.15. The Bertz CT molecular complexity index is 738. The molecule has 1 N–H and O–H groups in total. The van der Waals surface area contributed by atoms with E-state index < -0.39 is 12.2 Å². The molecule has 0 spiro atoms. The molecule has 3 heterocycles. The van der Waals surface area contributed by atoms with Gasteiger partial charge in [0.15, 0.2) is 0 Å². The summed E-state index contributed by atoms with van der Waals surface area (Å²) in [6.07, 6.45) is -0.927. The molecule has 6 nitrogen and oxygen atoms in total. The molecule has 2 amide bonds. The normalized spacial score (nSPS) is 34.9. The number of amides is 2. The first-order chi connectivity index (χ1) is 11.5. The summed E-state index contributed by atoms with van der Waals surface area (Å²) in [6.45, 7) is 2.93. The summed E-state index contributed by atoms with van der Waals surface area (Å²) in [6, 6.07) is 5.49. The van der Waals surface area contributed by atoms with E-state index in [0.29, 0.717) is 24.0 Å². The van der Waals surface area contributed by atoms with Crippen LogP contribution in [-0.4, -0.2) is 43.8 Å². The van der Waals surface area contributed by atoms with E-state index in [1.165, 1.54) is 17.9 Å². The van der Waals surface area contributed by atoms with E-state index in [2.05, 4.69) is 10.2 Å². The van der Waals surface area contributed by atoms with Crippen molar-refractivity contribution >= 4 is 23.4 Å². The monoisotopic (exact) mass is 331 g/mol. The highest BCUT2D eigenvalue weighted by atomic mass is 19.1. The number of carbonyl (C=O) groups is 2. The molecule has 1 aromatic carbocycles. The molecule has 5 fully saturated rings. The zero-order valence-electron chi connectivity index (χ0n) is 13.2. The highest BCUT2D eigenvalue weighted by molar-refractivity contribution is 5.90. The molecule has 0 radical (unpaired) electrons. The highest BCUT2D eigenvalue weighted by Crippen LogP contribution is 2.75. The maximum absolute atomic E-state index is 14.6. The Morgan fingerprint density at radius 3 is 2.79 bits per heavy atom. The molecule has 3 saturated heterocycles. The predicted molar refractivity (Wildman–Crippen MR) is 84.3 cm³/mol. The van der Waals surface area contributed by atoms with Gasteiger partial charge in [0.1, 0.15) is 11.9 Å². The molecule has 24 heavy (non-hydrogen) atoms. The van der Waals surface area contributed by atoms with Crippen molar-refractivity contribution in [2.75, 3.05) is 29.4 Å². The molecule has 2 unspecified atom stereocenters. The Hall–Kier alpha value is -2.31. The summed E-state index contributed by atoms with van der Waals surface area (Å²) in [5.74, 6) is 1.94. The fourth-order valence-corrected chi connectivity index (χ4v) is 4.39. The third kappa shape index (κ3) is 1.93. The van der Waals surface area contributed by atoms with Crippen LogP contribution in [0.1, 0.15) is 6.92 Å². The van der Waals surface area contributed by atoms with Gasteiger partial charge in [0.2, 0.25) is 5.91 Å². The van der Waals surface area contributed by atoms with Gasteiger partial charge in [-0.1, -0.05) is 0 Å². The van der Waals surface area contributed by atoms with Crippen molar-refractivity contribution in [3.8, 4) is 0 Å². The van der Waals surface area contributed by atoms with Crippen molar-refractivity contribution < 1.29 is 18.7 Å². The average Bonchev–Trinajstić information content (AvgIpc) is 3.26. The van der Waals surface area contributed by atoms with Gasteiger partial charge in [-0.25, -0.2) is 9.18 Å². The number of nitrogens with zero attached hydrogens (tertiary/aromatic N) is 2. The summed E-state index contributed by atoms with van der Waals surface area (Å²) in [4.78, 5) is 26.5. The second-order valence-electron chi connectivity index (χ2n) is 7.15. The number of carbonyl (C=O) groups excluding carboxylic acids is 2. The Kier molecular flexibility index (Phi) is 2.71. The summed E-state index contributed by atoms with van der Waals surface area (Å²) in [5, 5.41) is 2.63. The minimum atomic E-state index is -0.509. The minimum Gasteiger partial charge on any atom is -0.442 e. The van der Waals surface area contributed by atoms with E-state index in [1.54, 1.807) is 12.1 Å². The maximum atomic E-state index is 14.6. The third-order valence-corrected chi connectivity index (χ3v) is 5.71. The van der Waals surface area contributed by atoms with Crippen LogP contribution >= 0.6 is 0 Å². The van der Waals surface area contributed by atoms with Crippen LogP contribution in [0.3, 0.4) is 0 Å². The molecular formula is C17H18FN3O3. The van der Waals surface area contributed by atoms with E-state index in [9.17, 15) is 14.0 Å². The lowest BCUT2D eigenvalue weighted by Gasteiger charge is -2.21. The highest BCUT2D eigenvalue weighted by Gasteiger charge is 2.80. The third-order valence-electron chi connectivity index (χ3n) is 5.71. The number of hydrogen-bond donors (Lipinski definition) is 1. The Labute approximate surface area is 138 Å². The van der Waals surface area contributed by atoms with E-state index in [1.807, 2.05) is 0 Å². The van der Waals surface area contributed by atoms with Crippen LogP contribution in [-0.2, 0) is 9.53 Å². The summed E-state index contributed by atoms with van der Waals surface area (Å²) >= 11 is 0. The lowest BCUT2D eigenvalue weighted by Crippen LogP contribution is -2.33. The molecule has 5 aliphatic rings. The maximum Gasteiger partial charge on any atom is 0.414 e. The first kappa shape index (κ1) is 14.1.